The normalized spacial score (nSPS) is 13.7. The van der Waals surface area contributed by atoms with E-state index < -0.39 is 5.41 Å². The van der Waals surface area contributed by atoms with E-state index in [1.807, 2.05) is 57.2 Å². The van der Waals surface area contributed by atoms with Crippen LogP contribution in [-0.4, -0.2) is 10.4 Å². The van der Waals surface area contributed by atoms with Crippen molar-refractivity contribution in [2.24, 2.45) is 12.5 Å². The molecule has 0 aliphatic rings. The quantitative estimate of drug-likeness (QED) is 0.846. The molecule has 21 heavy (non-hydrogen) atoms. The Morgan fingerprint density at radius 3 is 2.38 bits per heavy atom. The van der Waals surface area contributed by atoms with Crippen LogP contribution in [0.4, 0.5) is 0 Å². The molecule has 3 nitrogen and oxygen atoms in total. The van der Waals surface area contributed by atoms with Crippen molar-refractivity contribution < 1.29 is 4.79 Å². The van der Waals surface area contributed by atoms with Gasteiger partial charge in [0.05, 0.1) is 4.53 Å². The molecule has 0 spiro atoms. The van der Waals surface area contributed by atoms with E-state index in [1.54, 1.807) is 13.1 Å². The third-order valence-electron chi connectivity index (χ3n) is 3.15. The number of aromatic nitrogens is 1. The summed E-state index contributed by atoms with van der Waals surface area (Å²) in [5.74, 6) is 0.0191. The summed E-state index contributed by atoms with van der Waals surface area (Å²) in [5.41, 5.74) is 0.463. The second-order valence-electron chi connectivity index (χ2n) is 5.98. The minimum absolute atomic E-state index is 0.0191. The highest BCUT2D eigenvalue weighted by Crippen LogP contribution is 2.14. The molecule has 0 aliphatic heterocycles. The van der Waals surface area contributed by atoms with Crippen LogP contribution in [0.5, 0.6) is 0 Å². The van der Waals surface area contributed by atoms with E-state index in [1.165, 1.54) is 15.9 Å². The average Bonchev–Trinajstić information content (AvgIpc) is 2.67. The average molecular weight is 301 g/mol. The third kappa shape index (κ3) is 3.58. The lowest BCUT2D eigenvalue weighted by atomic mass is 9.91. The number of ketones is 1. The molecule has 0 fully saturated rings. The van der Waals surface area contributed by atoms with Crippen LogP contribution in [0.3, 0.4) is 0 Å². The molecular formula is C17H19NO2S. The van der Waals surface area contributed by atoms with Gasteiger partial charge in [-0.25, -0.2) is 0 Å². The van der Waals surface area contributed by atoms with Crippen LogP contribution in [0.1, 0.15) is 26.3 Å². The number of rotatable bonds is 2. The van der Waals surface area contributed by atoms with E-state index in [0.29, 0.717) is 9.20 Å². The number of benzene rings is 1. The molecule has 0 amide bonds. The van der Waals surface area contributed by atoms with Gasteiger partial charge in [-0.05, 0) is 11.6 Å². The molecule has 2 aromatic rings. The van der Waals surface area contributed by atoms with E-state index in [0.717, 1.165) is 5.56 Å². The van der Waals surface area contributed by atoms with Gasteiger partial charge in [0.2, 0.25) is 0 Å². The van der Waals surface area contributed by atoms with Gasteiger partial charge in [-0.1, -0.05) is 51.1 Å². The summed E-state index contributed by atoms with van der Waals surface area (Å²) < 4.78 is 2.85. The zero-order valence-electron chi connectivity index (χ0n) is 12.7. The molecule has 1 aromatic heterocycles. The van der Waals surface area contributed by atoms with Gasteiger partial charge in [-0.15, -0.1) is 11.3 Å². The first-order valence-corrected chi connectivity index (χ1v) is 7.59. The number of carbonyl (C=O) groups excluding carboxylic acids is 1. The first-order chi connectivity index (χ1) is 9.79. The molecule has 4 heteroatoms. The molecule has 0 aliphatic carbocycles. The smallest absolute Gasteiger partial charge is 0.268 e. The van der Waals surface area contributed by atoms with Gasteiger partial charge in [-0.3, -0.25) is 9.59 Å². The van der Waals surface area contributed by atoms with Crippen LogP contribution in [-0.2, 0) is 11.8 Å². The summed E-state index contributed by atoms with van der Waals surface area (Å²) in [6.45, 7) is 5.61. The number of hydrogen-bond acceptors (Lipinski definition) is 3. The Labute approximate surface area is 127 Å². The van der Waals surface area contributed by atoms with Crippen molar-refractivity contribution in [2.75, 3.05) is 0 Å². The molecule has 110 valence electrons. The lowest BCUT2D eigenvalue weighted by Crippen LogP contribution is -2.30. The van der Waals surface area contributed by atoms with E-state index >= 15 is 0 Å². The van der Waals surface area contributed by atoms with Crippen LogP contribution < -0.4 is 14.8 Å². The van der Waals surface area contributed by atoms with Crippen molar-refractivity contribution in [3.63, 3.8) is 0 Å². The number of carbonyl (C=O) groups is 1. The van der Waals surface area contributed by atoms with Gasteiger partial charge in [0.15, 0.2) is 5.78 Å². The number of Topliss-reactive ketones (excluding diaryl/α,β-unsaturated/α-hetero) is 1. The highest BCUT2D eigenvalue weighted by molar-refractivity contribution is 7.07. The van der Waals surface area contributed by atoms with Crippen LogP contribution in [0.25, 0.3) is 12.2 Å². The summed E-state index contributed by atoms with van der Waals surface area (Å²) in [5, 5.41) is 0. The van der Waals surface area contributed by atoms with E-state index in [4.69, 9.17) is 0 Å². The van der Waals surface area contributed by atoms with Crippen LogP contribution in [0.2, 0.25) is 0 Å². The lowest BCUT2D eigenvalue weighted by Gasteiger charge is -2.12. The Kier molecular flexibility index (Phi) is 4.28. The maximum Gasteiger partial charge on any atom is 0.268 e. The zero-order valence-corrected chi connectivity index (χ0v) is 13.5. The second-order valence-corrected chi connectivity index (χ2v) is 7.04. The van der Waals surface area contributed by atoms with Crippen molar-refractivity contribution >= 4 is 29.3 Å². The van der Waals surface area contributed by atoms with Gasteiger partial charge >= 0.3 is 0 Å². The molecule has 0 saturated heterocycles. The van der Waals surface area contributed by atoms with E-state index in [2.05, 4.69) is 0 Å². The summed E-state index contributed by atoms with van der Waals surface area (Å²) in [7, 11) is 1.70. The molecule has 1 aromatic carbocycles. The molecule has 0 saturated carbocycles. The topological polar surface area (TPSA) is 39.1 Å². The predicted octanol–water partition coefficient (Wildman–Crippen LogP) is 1.67. The molecule has 0 atom stereocenters. The summed E-state index contributed by atoms with van der Waals surface area (Å²) >= 11 is 1.34. The fourth-order valence-electron chi connectivity index (χ4n) is 1.74. The van der Waals surface area contributed by atoms with Crippen LogP contribution >= 0.6 is 11.3 Å². The van der Waals surface area contributed by atoms with Crippen molar-refractivity contribution in [3.8, 4) is 0 Å². The molecule has 2 rings (SSSR count). The van der Waals surface area contributed by atoms with E-state index in [9.17, 15) is 9.59 Å². The standard InChI is InChI=1S/C17H19NO2S/c1-17(2,3)14(19)11-15-18(4)16(20)13(21-15)10-12-8-6-5-7-9-12/h5-11H,1-4H3/b13-10+,15-11+. The van der Waals surface area contributed by atoms with Gasteiger partial charge in [0, 0.05) is 18.5 Å². The Morgan fingerprint density at radius 1 is 1.19 bits per heavy atom. The van der Waals surface area contributed by atoms with Crippen molar-refractivity contribution in [3.05, 3.63) is 55.4 Å². The largest absolute Gasteiger partial charge is 0.302 e. The minimum atomic E-state index is -0.441. The molecule has 0 radical (unpaired) electrons. The van der Waals surface area contributed by atoms with Crippen molar-refractivity contribution in [2.45, 2.75) is 20.8 Å². The SMILES string of the molecule is Cn1c(=O)/c(=C\c2ccccc2)s/c1=C/C(=O)C(C)(C)C. The fourth-order valence-corrected chi connectivity index (χ4v) is 2.77. The molecule has 0 unspecified atom stereocenters. The summed E-state index contributed by atoms with van der Waals surface area (Å²) in [6, 6.07) is 9.69. The zero-order chi connectivity index (χ0) is 15.6. The maximum absolute atomic E-state index is 12.2. The highest BCUT2D eigenvalue weighted by Gasteiger charge is 2.19. The van der Waals surface area contributed by atoms with Gasteiger partial charge in [-0.2, -0.15) is 0 Å². The Balaban J connectivity index is 2.58. The highest BCUT2D eigenvalue weighted by atomic mass is 32.1. The fraction of sp³-hybridized carbons (Fsp3) is 0.294. The molecule has 1 heterocycles. The van der Waals surface area contributed by atoms with E-state index in [-0.39, 0.29) is 11.3 Å². The van der Waals surface area contributed by atoms with Crippen LogP contribution in [0.15, 0.2) is 35.1 Å². The lowest BCUT2D eigenvalue weighted by molar-refractivity contribution is -0.120. The van der Waals surface area contributed by atoms with Gasteiger partial charge < -0.3 is 4.57 Å². The minimum Gasteiger partial charge on any atom is -0.302 e. The Hall–Kier alpha value is -1.94. The number of thiazole rings is 1. The third-order valence-corrected chi connectivity index (χ3v) is 4.26. The predicted molar refractivity (Wildman–Crippen MR) is 87.7 cm³/mol. The number of nitrogens with zero attached hydrogens (tertiary/aromatic N) is 1. The first-order valence-electron chi connectivity index (χ1n) is 6.78. The van der Waals surface area contributed by atoms with Crippen molar-refractivity contribution in [1.29, 1.82) is 0 Å². The van der Waals surface area contributed by atoms with Gasteiger partial charge in [0.1, 0.15) is 4.66 Å². The van der Waals surface area contributed by atoms with Crippen molar-refractivity contribution in [1.82, 2.24) is 4.57 Å². The summed E-state index contributed by atoms with van der Waals surface area (Å²) in [4.78, 5) is 24.3. The first kappa shape index (κ1) is 15.4. The summed E-state index contributed by atoms with van der Waals surface area (Å²) in [6.07, 6.45) is 3.42. The number of hydrogen-bond donors (Lipinski definition) is 0. The molecule has 0 bridgehead atoms. The second kappa shape index (κ2) is 5.82. The molecular weight excluding hydrogens is 282 g/mol. The monoisotopic (exact) mass is 301 g/mol. The van der Waals surface area contributed by atoms with Gasteiger partial charge in [0.25, 0.3) is 5.56 Å². The van der Waals surface area contributed by atoms with Crippen LogP contribution in [0, 0.1) is 5.41 Å². The maximum atomic E-state index is 12.2. The Bertz CT molecular complexity index is 820. The molecule has 0 N–H and O–H groups in total. The Morgan fingerprint density at radius 2 is 1.81 bits per heavy atom.